The van der Waals surface area contributed by atoms with E-state index < -0.39 is 35.5 Å². The van der Waals surface area contributed by atoms with Gasteiger partial charge in [-0.2, -0.15) is 36.9 Å². The Balaban J connectivity index is 3.74. The molecule has 8 heteroatoms. The predicted octanol–water partition coefficient (Wildman–Crippen LogP) is 3.66. The first-order chi connectivity index (χ1) is 8.62. The van der Waals surface area contributed by atoms with Gasteiger partial charge in [-0.05, 0) is 11.6 Å². The van der Waals surface area contributed by atoms with Crippen LogP contribution < -0.4 is 0 Å². The zero-order valence-corrected chi connectivity index (χ0v) is 9.02. The molecule has 2 nitrogen and oxygen atoms in total. The smallest absolute Gasteiger partial charge is 0.198 e. The molecule has 0 amide bonds. The molecule has 0 spiro atoms. The average Bonchev–Trinajstić information content (AvgIpc) is 2.26. The van der Waals surface area contributed by atoms with Crippen LogP contribution in [0.25, 0.3) is 0 Å². The van der Waals surface area contributed by atoms with Crippen molar-refractivity contribution in [2.24, 2.45) is 0 Å². The zero-order valence-electron chi connectivity index (χ0n) is 9.02. The molecule has 0 atom stereocenters. The normalized spacial score (nSPS) is 11.8. The van der Waals surface area contributed by atoms with Crippen molar-refractivity contribution >= 4 is 0 Å². The van der Waals surface area contributed by atoms with Gasteiger partial charge in [-0.15, -0.1) is 0 Å². The molecule has 0 aliphatic heterocycles. The van der Waals surface area contributed by atoms with Crippen LogP contribution in [0.15, 0.2) is 12.1 Å². The van der Waals surface area contributed by atoms with Crippen molar-refractivity contribution in [3.05, 3.63) is 34.4 Å². The number of hydrogen-bond acceptors (Lipinski definition) is 2. The van der Waals surface area contributed by atoms with Crippen LogP contribution in [0.1, 0.15) is 22.3 Å². The van der Waals surface area contributed by atoms with E-state index in [0.29, 0.717) is 6.07 Å². The summed E-state index contributed by atoms with van der Waals surface area (Å²) in [4.78, 5) is 0. The van der Waals surface area contributed by atoms with Gasteiger partial charge in [0.15, 0.2) is 0 Å². The Kier molecular flexibility index (Phi) is 3.75. The second-order valence-corrected chi connectivity index (χ2v) is 3.46. The number of nitriles is 2. The minimum absolute atomic E-state index is 0.232. The van der Waals surface area contributed by atoms with Crippen LogP contribution in [-0.2, 0) is 18.8 Å². The highest BCUT2D eigenvalue weighted by molar-refractivity contribution is 5.51. The number of benzene rings is 1. The Bertz CT molecular complexity index is 571. The van der Waals surface area contributed by atoms with E-state index in [2.05, 4.69) is 0 Å². The van der Waals surface area contributed by atoms with Crippen LogP contribution in [0, 0.1) is 22.7 Å². The van der Waals surface area contributed by atoms with Crippen LogP contribution in [-0.4, -0.2) is 0 Å². The van der Waals surface area contributed by atoms with Crippen LogP contribution in [0.3, 0.4) is 0 Å². The molecule has 19 heavy (non-hydrogen) atoms. The number of nitrogens with zero attached hydrogens (tertiary/aromatic N) is 2. The maximum Gasteiger partial charge on any atom is 0.418 e. The van der Waals surface area contributed by atoms with E-state index in [1.807, 2.05) is 0 Å². The SMILES string of the molecule is N#CCc1ccc(C(F)(F)F)c(C(F)(F)F)c1C#N. The lowest BCUT2D eigenvalue weighted by Crippen LogP contribution is -2.19. The highest BCUT2D eigenvalue weighted by Crippen LogP contribution is 2.42. The molecule has 0 saturated heterocycles. The molecule has 0 aliphatic carbocycles. The summed E-state index contributed by atoms with van der Waals surface area (Å²) in [6, 6.07) is 3.53. The summed E-state index contributed by atoms with van der Waals surface area (Å²) < 4.78 is 75.8. The lowest BCUT2D eigenvalue weighted by molar-refractivity contribution is -0.162. The third kappa shape index (κ3) is 2.97. The maximum atomic E-state index is 12.7. The molecular formula is C11H4F6N2. The fourth-order valence-electron chi connectivity index (χ4n) is 1.54. The molecule has 1 aromatic rings. The first-order valence-corrected chi connectivity index (χ1v) is 4.70. The van der Waals surface area contributed by atoms with Crippen molar-refractivity contribution < 1.29 is 26.3 Å². The number of rotatable bonds is 1. The van der Waals surface area contributed by atoms with Crippen molar-refractivity contribution in [2.75, 3.05) is 0 Å². The largest absolute Gasteiger partial charge is 0.418 e. The molecule has 0 N–H and O–H groups in total. The zero-order chi connectivity index (χ0) is 14.8. The predicted molar refractivity (Wildman–Crippen MR) is 50.5 cm³/mol. The maximum absolute atomic E-state index is 12.7. The summed E-state index contributed by atoms with van der Waals surface area (Å²) in [5, 5.41) is 17.1. The Morgan fingerprint density at radius 2 is 1.53 bits per heavy atom. The number of hydrogen-bond donors (Lipinski definition) is 0. The quantitative estimate of drug-likeness (QED) is 0.736. The van der Waals surface area contributed by atoms with E-state index in [4.69, 9.17) is 10.5 Å². The molecule has 1 rings (SSSR count). The van der Waals surface area contributed by atoms with E-state index in [-0.39, 0.29) is 11.6 Å². The Morgan fingerprint density at radius 1 is 0.947 bits per heavy atom. The molecule has 0 bridgehead atoms. The van der Waals surface area contributed by atoms with Crippen molar-refractivity contribution in [1.29, 1.82) is 10.5 Å². The van der Waals surface area contributed by atoms with Gasteiger partial charge in [0.2, 0.25) is 0 Å². The van der Waals surface area contributed by atoms with Crippen molar-refractivity contribution in [1.82, 2.24) is 0 Å². The number of alkyl halides is 6. The van der Waals surface area contributed by atoms with E-state index in [9.17, 15) is 26.3 Å². The van der Waals surface area contributed by atoms with Gasteiger partial charge >= 0.3 is 12.4 Å². The second-order valence-electron chi connectivity index (χ2n) is 3.46. The summed E-state index contributed by atoms with van der Waals surface area (Å²) in [5.74, 6) is 0. The molecule has 0 aromatic heterocycles. The van der Waals surface area contributed by atoms with E-state index in [1.165, 1.54) is 6.07 Å². The summed E-state index contributed by atoms with van der Waals surface area (Å²) >= 11 is 0. The van der Waals surface area contributed by atoms with Crippen LogP contribution >= 0.6 is 0 Å². The summed E-state index contributed by atoms with van der Waals surface area (Å²) in [5.41, 5.74) is -5.53. The van der Waals surface area contributed by atoms with Gasteiger partial charge in [0.25, 0.3) is 0 Å². The van der Waals surface area contributed by atoms with E-state index >= 15 is 0 Å². The van der Waals surface area contributed by atoms with Crippen LogP contribution in [0.4, 0.5) is 26.3 Å². The van der Waals surface area contributed by atoms with Gasteiger partial charge in [0.05, 0.1) is 29.2 Å². The second kappa shape index (κ2) is 4.81. The minimum atomic E-state index is -5.33. The Labute approximate surface area is 103 Å². The molecule has 0 saturated carbocycles. The molecule has 0 heterocycles. The lowest BCUT2D eigenvalue weighted by atomic mass is 9.94. The summed E-state index contributed by atoms with van der Waals surface area (Å²) in [6.45, 7) is 0. The topological polar surface area (TPSA) is 47.6 Å². The highest BCUT2D eigenvalue weighted by atomic mass is 19.4. The number of halogens is 6. The molecule has 0 radical (unpaired) electrons. The standard InChI is InChI=1S/C11H4F6N2/c12-10(13,14)8-2-1-6(3-4-18)7(5-19)9(8)11(15,16)17/h1-2H,3H2. The minimum Gasteiger partial charge on any atom is -0.198 e. The van der Waals surface area contributed by atoms with E-state index in [0.717, 1.165) is 6.07 Å². The van der Waals surface area contributed by atoms with Crippen molar-refractivity contribution in [3.8, 4) is 12.1 Å². The third-order valence-corrected chi connectivity index (χ3v) is 2.26. The first kappa shape index (κ1) is 14.8. The molecule has 100 valence electrons. The molecule has 0 aliphatic rings. The Morgan fingerprint density at radius 3 is 1.89 bits per heavy atom. The fraction of sp³-hybridized carbons (Fsp3) is 0.273. The third-order valence-electron chi connectivity index (χ3n) is 2.26. The fourth-order valence-corrected chi connectivity index (χ4v) is 1.54. The molecule has 0 unspecified atom stereocenters. The summed E-state index contributed by atoms with van der Waals surface area (Å²) in [7, 11) is 0. The molecule has 1 aromatic carbocycles. The van der Waals surface area contributed by atoms with Crippen molar-refractivity contribution in [2.45, 2.75) is 18.8 Å². The van der Waals surface area contributed by atoms with Gasteiger partial charge in [0.1, 0.15) is 6.07 Å². The first-order valence-electron chi connectivity index (χ1n) is 4.70. The van der Waals surface area contributed by atoms with Crippen LogP contribution in [0.5, 0.6) is 0 Å². The van der Waals surface area contributed by atoms with Gasteiger partial charge in [-0.25, -0.2) is 0 Å². The highest BCUT2D eigenvalue weighted by Gasteiger charge is 2.45. The average molecular weight is 278 g/mol. The van der Waals surface area contributed by atoms with Gasteiger partial charge in [-0.3, -0.25) is 0 Å². The Hall–Kier alpha value is -2.22. The monoisotopic (exact) mass is 278 g/mol. The molecule has 0 fully saturated rings. The van der Waals surface area contributed by atoms with Gasteiger partial charge < -0.3 is 0 Å². The van der Waals surface area contributed by atoms with E-state index in [1.54, 1.807) is 0 Å². The lowest BCUT2D eigenvalue weighted by Gasteiger charge is -2.18. The van der Waals surface area contributed by atoms with Gasteiger partial charge in [0, 0.05) is 0 Å². The van der Waals surface area contributed by atoms with Crippen LogP contribution in [0.2, 0.25) is 0 Å². The van der Waals surface area contributed by atoms with Gasteiger partial charge in [-0.1, -0.05) is 6.07 Å². The molecular weight excluding hydrogens is 274 g/mol. The summed E-state index contributed by atoms with van der Waals surface area (Å²) in [6.07, 6.45) is -11.1. The van der Waals surface area contributed by atoms with Crippen molar-refractivity contribution in [3.63, 3.8) is 0 Å².